The van der Waals surface area contributed by atoms with Gasteiger partial charge in [-0.15, -0.1) is 11.8 Å². The fourth-order valence-corrected chi connectivity index (χ4v) is 1.13. The number of hydrogen-bond donors (Lipinski definition) is 1. The lowest BCUT2D eigenvalue weighted by molar-refractivity contribution is -0.0146. The molecule has 0 bridgehead atoms. The lowest BCUT2D eigenvalue weighted by Crippen LogP contribution is -2.22. The summed E-state index contributed by atoms with van der Waals surface area (Å²) in [4.78, 5) is 0. The molecule has 0 rings (SSSR count). The van der Waals surface area contributed by atoms with Gasteiger partial charge < -0.3 is 14.6 Å². The van der Waals surface area contributed by atoms with Crippen molar-refractivity contribution in [3.8, 4) is 0 Å². The molecule has 0 aromatic carbocycles. The molecule has 0 fully saturated rings. The Morgan fingerprint density at radius 3 is 2.50 bits per heavy atom. The molecule has 74 valence electrons. The molecule has 0 saturated heterocycles. The highest BCUT2D eigenvalue weighted by Crippen LogP contribution is 2.08. The molecule has 0 aliphatic rings. The largest absolute Gasteiger partial charge is 0.393 e. The van der Waals surface area contributed by atoms with E-state index >= 15 is 0 Å². The van der Waals surface area contributed by atoms with Crippen molar-refractivity contribution in [1.82, 2.24) is 0 Å². The minimum atomic E-state index is -0.116. The van der Waals surface area contributed by atoms with E-state index in [4.69, 9.17) is 14.6 Å². The molecule has 2 atom stereocenters. The first-order valence-electron chi connectivity index (χ1n) is 4.06. The van der Waals surface area contributed by atoms with Crippen LogP contribution < -0.4 is 0 Å². The van der Waals surface area contributed by atoms with Crippen LogP contribution in [0.4, 0.5) is 0 Å². The van der Waals surface area contributed by atoms with E-state index in [1.54, 1.807) is 7.11 Å². The van der Waals surface area contributed by atoms with E-state index in [2.05, 4.69) is 0 Å². The van der Waals surface area contributed by atoms with Crippen LogP contribution in [0.2, 0.25) is 0 Å². The number of methoxy groups -OCH3 is 1. The number of ether oxygens (including phenoxy) is 2. The zero-order chi connectivity index (χ0) is 9.40. The molecular formula is C8H18O3S. The van der Waals surface area contributed by atoms with Gasteiger partial charge in [-0.05, 0) is 12.7 Å². The van der Waals surface area contributed by atoms with Crippen molar-refractivity contribution in [2.45, 2.75) is 24.9 Å². The van der Waals surface area contributed by atoms with Crippen LogP contribution in [0.15, 0.2) is 0 Å². The third-order valence-electron chi connectivity index (χ3n) is 1.67. The van der Waals surface area contributed by atoms with Gasteiger partial charge in [0.25, 0.3) is 0 Å². The van der Waals surface area contributed by atoms with Crippen molar-refractivity contribution >= 4 is 11.8 Å². The van der Waals surface area contributed by atoms with Crippen LogP contribution in [0, 0.1) is 0 Å². The molecule has 2 unspecified atom stereocenters. The molecule has 3 nitrogen and oxygen atoms in total. The average Bonchev–Trinajstić information content (AvgIpc) is 2.13. The molecule has 0 amide bonds. The fraction of sp³-hybridized carbons (Fsp3) is 1.00. The van der Waals surface area contributed by atoms with E-state index in [0.29, 0.717) is 6.61 Å². The molecule has 1 N–H and O–H groups in total. The Balaban J connectivity index is 3.49. The molecule has 0 aliphatic carbocycles. The summed E-state index contributed by atoms with van der Waals surface area (Å²) in [5.74, 6) is 0. The summed E-state index contributed by atoms with van der Waals surface area (Å²) in [5.41, 5.74) is -0.116. The van der Waals surface area contributed by atoms with Gasteiger partial charge in [0.15, 0.2) is 0 Å². The van der Waals surface area contributed by atoms with Gasteiger partial charge in [-0.3, -0.25) is 0 Å². The molecule has 0 aromatic rings. The SMILES string of the molecule is CCC(COC(CO)SC)OC. The van der Waals surface area contributed by atoms with E-state index in [-0.39, 0.29) is 18.1 Å². The monoisotopic (exact) mass is 194 g/mol. The molecule has 0 spiro atoms. The van der Waals surface area contributed by atoms with Crippen molar-refractivity contribution in [3.63, 3.8) is 0 Å². The highest BCUT2D eigenvalue weighted by molar-refractivity contribution is 7.99. The Morgan fingerprint density at radius 1 is 1.50 bits per heavy atom. The highest BCUT2D eigenvalue weighted by Gasteiger charge is 2.09. The second-order valence-corrected chi connectivity index (χ2v) is 3.44. The van der Waals surface area contributed by atoms with Gasteiger partial charge in [0.2, 0.25) is 0 Å². The van der Waals surface area contributed by atoms with Crippen LogP contribution in [0.1, 0.15) is 13.3 Å². The van der Waals surface area contributed by atoms with E-state index in [9.17, 15) is 0 Å². The predicted molar refractivity (Wildman–Crippen MR) is 51.4 cm³/mol. The Hall–Kier alpha value is 0.230. The Bertz CT molecular complexity index is 80.3. The summed E-state index contributed by atoms with van der Waals surface area (Å²) >= 11 is 1.51. The van der Waals surface area contributed by atoms with E-state index in [0.717, 1.165) is 6.42 Å². The molecule has 0 heterocycles. The standard InChI is InChI=1S/C8H18O3S/c1-4-7(10-2)6-11-8(5-9)12-3/h7-9H,4-6H2,1-3H3. The number of hydrogen-bond acceptors (Lipinski definition) is 4. The smallest absolute Gasteiger partial charge is 0.126 e. The zero-order valence-electron chi connectivity index (χ0n) is 7.95. The van der Waals surface area contributed by atoms with Crippen LogP contribution >= 0.6 is 11.8 Å². The predicted octanol–water partition coefficient (Wildman–Crippen LogP) is 1.11. The normalized spacial score (nSPS) is 16.0. The highest BCUT2D eigenvalue weighted by atomic mass is 32.2. The summed E-state index contributed by atoms with van der Waals surface area (Å²) in [6.45, 7) is 2.66. The maximum Gasteiger partial charge on any atom is 0.126 e. The second kappa shape index (κ2) is 7.86. The molecule has 0 aromatic heterocycles. The summed E-state index contributed by atoms with van der Waals surface area (Å²) < 4.78 is 10.5. The van der Waals surface area contributed by atoms with Crippen LogP contribution in [0.3, 0.4) is 0 Å². The van der Waals surface area contributed by atoms with Crippen molar-refractivity contribution in [2.24, 2.45) is 0 Å². The molecule has 0 radical (unpaired) electrons. The average molecular weight is 194 g/mol. The van der Waals surface area contributed by atoms with Crippen LogP contribution in [0.5, 0.6) is 0 Å². The molecule has 0 aliphatic heterocycles. The number of aliphatic hydroxyl groups excluding tert-OH is 1. The molecule has 0 saturated carbocycles. The van der Waals surface area contributed by atoms with Gasteiger partial charge >= 0.3 is 0 Å². The maximum absolute atomic E-state index is 8.80. The topological polar surface area (TPSA) is 38.7 Å². The Labute approximate surface area is 78.4 Å². The second-order valence-electron chi connectivity index (χ2n) is 2.45. The third-order valence-corrected chi connectivity index (χ3v) is 2.48. The van der Waals surface area contributed by atoms with Crippen LogP contribution in [-0.4, -0.2) is 43.2 Å². The van der Waals surface area contributed by atoms with Gasteiger partial charge in [0.1, 0.15) is 5.44 Å². The first-order chi connectivity index (χ1) is 5.78. The van der Waals surface area contributed by atoms with Crippen molar-refractivity contribution in [3.05, 3.63) is 0 Å². The van der Waals surface area contributed by atoms with Crippen molar-refractivity contribution < 1.29 is 14.6 Å². The number of rotatable bonds is 7. The summed E-state index contributed by atoms with van der Waals surface area (Å²) in [6.07, 6.45) is 2.99. The third kappa shape index (κ3) is 4.98. The zero-order valence-corrected chi connectivity index (χ0v) is 8.76. The lowest BCUT2D eigenvalue weighted by atomic mass is 10.3. The summed E-state index contributed by atoms with van der Waals surface area (Å²) in [5, 5.41) is 8.80. The minimum absolute atomic E-state index is 0.0569. The lowest BCUT2D eigenvalue weighted by Gasteiger charge is -2.17. The minimum Gasteiger partial charge on any atom is -0.393 e. The number of thioether (sulfide) groups is 1. The quantitative estimate of drug-likeness (QED) is 0.616. The van der Waals surface area contributed by atoms with Crippen molar-refractivity contribution in [2.75, 3.05) is 26.6 Å². The van der Waals surface area contributed by atoms with E-state index in [1.807, 2.05) is 13.2 Å². The number of aliphatic hydroxyl groups is 1. The van der Waals surface area contributed by atoms with E-state index < -0.39 is 0 Å². The van der Waals surface area contributed by atoms with Crippen LogP contribution in [-0.2, 0) is 9.47 Å². The maximum atomic E-state index is 8.80. The summed E-state index contributed by atoms with van der Waals surface area (Å²) in [7, 11) is 1.67. The van der Waals surface area contributed by atoms with Gasteiger partial charge in [0, 0.05) is 7.11 Å². The Kier molecular flexibility index (Phi) is 8.01. The van der Waals surface area contributed by atoms with E-state index in [1.165, 1.54) is 11.8 Å². The van der Waals surface area contributed by atoms with Gasteiger partial charge in [-0.2, -0.15) is 0 Å². The first kappa shape index (κ1) is 12.2. The molecule has 4 heteroatoms. The molecule has 12 heavy (non-hydrogen) atoms. The fourth-order valence-electron chi connectivity index (χ4n) is 0.762. The van der Waals surface area contributed by atoms with Gasteiger partial charge in [0.05, 0.1) is 19.3 Å². The van der Waals surface area contributed by atoms with Gasteiger partial charge in [-0.1, -0.05) is 6.92 Å². The van der Waals surface area contributed by atoms with Crippen molar-refractivity contribution in [1.29, 1.82) is 0 Å². The summed E-state index contributed by atoms with van der Waals surface area (Å²) in [6, 6.07) is 0. The first-order valence-corrected chi connectivity index (χ1v) is 5.35. The Morgan fingerprint density at radius 2 is 2.17 bits per heavy atom. The van der Waals surface area contributed by atoms with Crippen LogP contribution in [0.25, 0.3) is 0 Å². The molecular weight excluding hydrogens is 176 g/mol. The van der Waals surface area contributed by atoms with Gasteiger partial charge in [-0.25, -0.2) is 0 Å².